The van der Waals surface area contributed by atoms with Gasteiger partial charge in [-0.1, -0.05) is 29.5 Å². The van der Waals surface area contributed by atoms with Crippen LogP contribution in [0.3, 0.4) is 0 Å². The molecule has 29 heavy (non-hydrogen) atoms. The second-order valence-electron chi connectivity index (χ2n) is 7.05. The van der Waals surface area contributed by atoms with Gasteiger partial charge in [0.15, 0.2) is 11.6 Å². The minimum absolute atomic E-state index is 0.717. The van der Waals surface area contributed by atoms with Crippen LogP contribution in [0.15, 0.2) is 42.9 Å². The maximum Gasteiger partial charge on any atom is 0.174 e. The number of hydrogen-bond donors (Lipinski definition) is 1. The van der Waals surface area contributed by atoms with E-state index in [0.29, 0.717) is 5.82 Å². The van der Waals surface area contributed by atoms with Crippen molar-refractivity contribution in [1.29, 1.82) is 0 Å². The lowest BCUT2D eigenvalue weighted by Gasteiger charge is -2.15. The summed E-state index contributed by atoms with van der Waals surface area (Å²) in [7, 11) is 3.97. The number of imidazole rings is 1. The van der Waals surface area contributed by atoms with Gasteiger partial charge >= 0.3 is 0 Å². The number of rotatable bonds is 7. The Bertz CT molecular complexity index is 1070. The lowest BCUT2D eigenvalue weighted by molar-refractivity contribution is 0.634. The maximum atomic E-state index is 4.69. The topological polar surface area (TPSA) is 101 Å². The minimum atomic E-state index is 0.717. The first kappa shape index (κ1) is 18.7. The van der Waals surface area contributed by atoms with Crippen LogP contribution in [0.4, 0.5) is 5.82 Å². The minimum Gasteiger partial charge on any atom is -0.362 e. The number of hydrogen-bond acceptors (Lipinski definition) is 7. The second kappa shape index (κ2) is 8.17. The molecule has 0 radical (unpaired) electrons. The van der Waals surface area contributed by atoms with Crippen molar-refractivity contribution in [3.63, 3.8) is 0 Å². The molecule has 0 unspecified atom stereocenters. The van der Waals surface area contributed by atoms with Crippen LogP contribution in [-0.2, 0) is 13.0 Å². The number of benzene rings is 1. The zero-order chi connectivity index (χ0) is 20.2. The molecule has 9 heteroatoms. The molecule has 4 rings (SSSR count). The van der Waals surface area contributed by atoms with Crippen LogP contribution in [0.1, 0.15) is 17.8 Å². The molecule has 4 aromatic rings. The predicted molar refractivity (Wildman–Crippen MR) is 110 cm³/mol. The fraction of sp³-hybridized carbons (Fsp3) is 0.300. The zero-order valence-corrected chi connectivity index (χ0v) is 16.7. The van der Waals surface area contributed by atoms with E-state index < -0.39 is 0 Å². The molecule has 148 valence electrons. The average Bonchev–Trinajstić information content (AvgIpc) is 3.40. The monoisotopic (exact) mass is 389 g/mol. The van der Waals surface area contributed by atoms with Crippen molar-refractivity contribution in [2.24, 2.45) is 0 Å². The first-order valence-corrected chi connectivity index (χ1v) is 9.47. The van der Waals surface area contributed by atoms with Crippen molar-refractivity contribution in [3.8, 4) is 22.8 Å². The van der Waals surface area contributed by atoms with Crippen molar-refractivity contribution in [3.05, 3.63) is 54.2 Å². The average molecular weight is 389 g/mol. The number of H-pyrrole nitrogens is 1. The molecule has 0 amide bonds. The predicted octanol–water partition coefficient (Wildman–Crippen LogP) is 2.53. The van der Waals surface area contributed by atoms with Gasteiger partial charge in [-0.25, -0.2) is 15.0 Å². The number of aryl methyl sites for hydroxylation is 3. The lowest BCUT2D eigenvalue weighted by Crippen LogP contribution is -2.13. The van der Waals surface area contributed by atoms with Gasteiger partial charge < -0.3 is 9.47 Å². The van der Waals surface area contributed by atoms with Crippen LogP contribution in [0, 0.1) is 6.92 Å². The van der Waals surface area contributed by atoms with Crippen molar-refractivity contribution in [2.75, 3.05) is 19.0 Å². The summed E-state index contributed by atoms with van der Waals surface area (Å²) in [5, 5.41) is 14.0. The third kappa shape index (κ3) is 4.13. The molecule has 3 heterocycles. The highest BCUT2D eigenvalue weighted by Crippen LogP contribution is 2.24. The first-order valence-electron chi connectivity index (χ1n) is 9.47. The highest BCUT2D eigenvalue weighted by Gasteiger charge is 2.10. The van der Waals surface area contributed by atoms with Crippen LogP contribution in [0.5, 0.6) is 0 Å². The quantitative estimate of drug-likeness (QED) is 0.518. The molecule has 0 saturated heterocycles. The molecule has 1 aromatic carbocycles. The first-order chi connectivity index (χ1) is 14.1. The van der Waals surface area contributed by atoms with E-state index in [4.69, 9.17) is 4.98 Å². The van der Waals surface area contributed by atoms with Crippen molar-refractivity contribution in [1.82, 2.24) is 40.1 Å². The Kier molecular flexibility index (Phi) is 5.28. The Morgan fingerprint density at radius 1 is 1.07 bits per heavy atom. The Morgan fingerprint density at radius 2 is 1.86 bits per heavy atom. The molecule has 0 aliphatic heterocycles. The lowest BCUT2D eigenvalue weighted by atomic mass is 10.1. The molecule has 0 atom stereocenters. The number of anilines is 1. The van der Waals surface area contributed by atoms with E-state index in [2.05, 4.69) is 47.3 Å². The smallest absolute Gasteiger partial charge is 0.174 e. The summed E-state index contributed by atoms with van der Waals surface area (Å²) in [5.74, 6) is 3.31. The van der Waals surface area contributed by atoms with Crippen molar-refractivity contribution < 1.29 is 0 Å². The van der Waals surface area contributed by atoms with Crippen LogP contribution in [0.2, 0.25) is 0 Å². The summed E-state index contributed by atoms with van der Waals surface area (Å²) in [6.07, 6.45) is 7.36. The van der Waals surface area contributed by atoms with Crippen LogP contribution < -0.4 is 4.90 Å². The van der Waals surface area contributed by atoms with Crippen molar-refractivity contribution in [2.45, 2.75) is 26.3 Å². The Morgan fingerprint density at radius 3 is 2.59 bits per heavy atom. The van der Waals surface area contributed by atoms with E-state index in [-0.39, 0.29) is 0 Å². The van der Waals surface area contributed by atoms with Gasteiger partial charge in [0.2, 0.25) is 0 Å². The van der Waals surface area contributed by atoms with E-state index in [0.717, 1.165) is 53.5 Å². The molecule has 1 N–H and O–H groups in total. The van der Waals surface area contributed by atoms with Gasteiger partial charge in [0.1, 0.15) is 11.6 Å². The Hall–Kier alpha value is -3.62. The van der Waals surface area contributed by atoms with E-state index in [9.17, 15) is 0 Å². The fourth-order valence-electron chi connectivity index (χ4n) is 3.24. The Labute approximate surface area is 168 Å². The molecule has 9 nitrogen and oxygen atoms in total. The number of aromatic amines is 1. The van der Waals surface area contributed by atoms with Gasteiger partial charge in [0.05, 0.1) is 0 Å². The molecule has 0 fully saturated rings. The number of tetrazole rings is 1. The third-order valence-electron chi connectivity index (χ3n) is 4.67. The highest BCUT2D eigenvalue weighted by molar-refractivity contribution is 5.64. The van der Waals surface area contributed by atoms with Crippen LogP contribution >= 0.6 is 0 Å². The second-order valence-corrected chi connectivity index (χ2v) is 7.05. The highest BCUT2D eigenvalue weighted by atomic mass is 15.5. The fourth-order valence-corrected chi connectivity index (χ4v) is 3.24. The molecule has 0 spiro atoms. The van der Waals surface area contributed by atoms with E-state index >= 15 is 0 Å². The van der Waals surface area contributed by atoms with Gasteiger partial charge in [-0.3, -0.25) is 0 Å². The van der Waals surface area contributed by atoms with E-state index in [1.165, 1.54) is 0 Å². The third-order valence-corrected chi connectivity index (χ3v) is 4.67. The summed E-state index contributed by atoms with van der Waals surface area (Å²) in [6, 6.07) is 8.20. The van der Waals surface area contributed by atoms with E-state index in [1.807, 2.05) is 56.6 Å². The molecule has 3 aromatic heterocycles. The summed E-state index contributed by atoms with van der Waals surface area (Å²) in [4.78, 5) is 15.7. The van der Waals surface area contributed by atoms with Gasteiger partial charge in [-0.2, -0.15) is 5.21 Å². The van der Waals surface area contributed by atoms with Gasteiger partial charge in [-0.05, 0) is 13.3 Å². The number of nitrogens with zero attached hydrogens (tertiary/aromatic N) is 8. The standard InChI is InChI=1S/C20H23N9/c1-14-13-22-18(23-19(14)28(2)3)15-6-8-16(9-7-15)20-21-10-12-29(20)11-4-5-17-24-26-27-25-17/h6-10,12-13H,4-5,11H2,1-3H3,(H,24,25,26,27). The SMILES string of the molecule is Cc1cnc(-c2ccc(-c3nccn3CCCc3nn[nH]n3)cc2)nc1N(C)C. The van der Waals surface area contributed by atoms with Crippen molar-refractivity contribution >= 4 is 5.82 Å². The summed E-state index contributed by atoms with van der Waals surface area (Å²) < 4.78 is 2.14. The summed E-state index contributed by atoms with van der Waals surface area (Å²) in [5.41, 5.74) is 3.09. The van der Waals surface area contributed by atoms with Gasteiger partial charge in [-0.15, -0.1) is 10.2 Å². The largest absolute Gasteiger partial charge is 0.362 e. The summed E-state index contributed by atoms with van der Waals surface area (Å²) in [6.45, 7) is 2.85. The normalized spacial score (nSPS) is 11.0. The van der Waals surface area contributed by atoms with E-state index in [1.54, 1.807) is 0 Å². The van der Waals surface area contributed by atoms with Crippen LogP contribution in [-0.4, -0.2) is 54.2 Å². The molecule has 0 aliphatic rings. The molecular weight excluding hydrogens is 366 g/mol. The van der Waals surface area contributed by atoms with Gasteiger partial charge in [0.25, 0.3) is 0 Å². The molecular formula is C20H23N9. The number of aromatic nitrogens is 8. The molecule has 0 saturated carbocycles. The summed E-state index contributed by atoms with van der Waals surface area (Å²) >= 11 is 0. The molecule has 0 bridgehead atoms. The van der Waals surface area contributed by atoms with Crippen LogP contribution in [0.25, 0.3) is 22.8 Å². The van der Waals surface area contributed by atoms with Gasteiger partial charge in [0, 0.05) is 62.3 Å². The zero-order valence-electron chi connectivity index (χ0n) is 16.7. The number of nitrogens with one attached hydrogen (secondary N) is 1. The maximum absolute atomic E-state index is 4.69. The molecule has 0 aliphatic carbocycles. The Balaban J connectivity index is 1.50.